The van der Waals surface area contributed by atoms with Gasteiger partial charge in [-0.1, -0.05) is 37.3 Å². The maximum absolute atomic E-state index is 5.86. The zero-order chi connectivity index (χ0) is 11.1. The molecule has 2 aromatic carbocycles. The van der Waals surface area contributed by atoms with Crippen LogP contribution in [0.25, 0.3) is 0 Å². The van der Waals surface area contributed by atoms with E-state index in [2.05, 4.69) is 43.3 Å². The summed E-state index contributed by atoms with van der Waals surface area (Å²) in [5, 5.41) is 0. The van der Waals surface area contributed by atoms with Gasteiger partial charge >= 0.3 is 0 Å². The second-order valence-electron chi connectivity index (χ2n) is 4.56. The molecule has 1 atom stereocenters. The molecule has 0 aliphatic heterocycles. The molecule has 1 heteroatoms. The SMILES string of the molecule is CC1c2ccccc2Cc2ccc(N)cc21. The van der Waals surface area contributed by atoms with Crippen molar-refractivity contribution in [2.24, 2.45) is 0 Å². The highest BCUT2D eigenvalue weighted by Crippen LogP contribution is 2.36. The molecule has 0 spiro atoms. The number of benzene rings is 2. The van der Waals surface area contributed by atoms with Crippen molar-refractivity contribution in [2.45, 2.75) is 19.3 Å². The summed E-state index contributed by atoms with van der Waals surface area (Å²) in [6.07, 6.45) is 1.04. The van der Waals surface area contributed by atoms with Crippen LogP contribution in [0.1, 0.15) is 35.1 Å². The monoisotopic (exact) mass is 209 g/mol. The van der Waals surface area contributed by atoms with Crippen LogP contribution in [0.5, 0.6) is 0 Å². The van der Waals surface area contributed by atoms with Gasteiger partial charge in [0.2, 0.25) is 0 Å². The van der Waals surface area contributed by atoms with Crippen LogP contribution in [-0.2, 0) is 6.42 Å². The Bertz CT molecular complexity index is 543. The maximum Gasteiger partial charge on any atom is 0.0317 e. The minimum absolute atomic E-state index is 0.462. The highest BCUT2D eigenvalue weighted by molar-refractivity contribution is 5.54. The van der Waals surface area contributed by atoms with Gasteiger partial charge in [0.25, 0.3) is 0 Å². The molecule has 0 radical (unpaired) electrons. The zero-order valence-corrected chi connectivity index (χ0v) is 9.40. The highest BCUT2D eigenvalue weighted by atomic mass is 14.5. The van der Waals surface area contributed by atoms with Crippen molar-refractivity contribution in [3.63, 3.8) is 0 Å². The first-order valence-corrected chi connectivity index (χ1v) is 5.72. The third kappa shape index (κ3) is 1.32. The first-order chi connectivity index (χ1) is 7.75. The molecule has 0 heterocycles. The van der Waals surface area contributed by atoms with Gasteiger partial charge in [0.15, 0.2) is 0 Å². The predicted octanol–water partition coefficient (Wildman–Crippen LogP) is 3.32. The van der Waals surface area contributed by atoms with Gasteiger partial charge in [-0.05, 0) is 40.8 Å². The average Bonchev–Trinajstić information content (AvgIpc) is 2.31. The summed E-state index contributed by atoms with van der Waals surface area (Å²) in [6.45, 7) is 2.26. The van der Waals surface area contributed by atoms with Crippen LogP contribution in [0.15, 0.2) is 42.5 Å². The average molecular weight is 209 g/mol. The number of nitrogens with two attached hydrogens (primary N) is 1. The van der Waals surface area contributed by atoms with E-state index in [4.69, 9.17) is 5.73 Å². The fourth-order valence-electron chi connectivity index (χ4n) is 2.67. The largest absolute Gasteiger partial charge is 0.399 e. The Kier molecular flexibility index (Phi) is 2.00. The van der Waals surface area contributed by atoms with Crippen molar-refractivity contribution in [2.75, 3.05) is 5.73 Å². The lowest BCUT2D eigenvalue weighted by atomic mass is 9.79. The van der Waals surface area contributed by atoms with Crippen LogP contribution < -0.4 is 5.73 Å². The van der Waals surface area contributed by atoms with E-state index in [1.54, 1.807) is 0 Å². The van der Waals surface area contributed by atoms with Crippen molar-refractivity contribution < 1.29 is 0 Å². The molecule has 0 amide bonds. The van der Waals surface area contributed by atoms with Gasteiger partial charge in [-0.15, -0.1) is 0 Å². The number of rotatable bonds is 0. The molecule has 2 aromatic rings. The van der Waals surface area contributed by atoms with E-state index in [0.717, 1.165) is 12.1 Å². The zero-order valence-electron chi connectivity index (χ0n) is 9.40. The van der Waals surface area contributed by atoms with Crippen LogP contribution in [0.2, 0.25) is 0 Å². The molecule has 0 fully saturated rings. The fraction of sp³-hybridized carbons (Fsp3) is 0.200. The molecule has 1 aliphatic carbocycles. The molecule has 80 valence electrons. The Morgan fingerprint density at radius 2 is 1.75 bits per heavy atom. The van der Waals surface area contributed by atoms with Crippen LogP contribution in [-0.4, -0.2) is 0 Å². The molecule has 1 unspecified atom stereocenters. The first-order valence-electron chi connectivity index (χ1n) is 5.72. The molecule has 1 aliphatic rings. The second-order valence-corrected chi connectivity index (χ2v) is 4.56. The number of fused-ring (bicyclic) bond motifs is 2. The molecule has 0 bridgehead atoms. The maximum atomic E-state index is 5.86. The highest BCUT2D eigenvalue weighted by Gasteiger charge is 2.21. The minimum atomic E-state index is 0.462. The van der Waals surface area contributed by atoms with E-state index in [1.807, 2.05) is 6.07 Å². The fourth-order valence-corrected chi connectivity index (χ4v) is 2.67. The standard InChI is InChI=1S/C15H15N/c1-10-14-5-3-2-4-11(14)8-12-6-7-13(16)9-15(10)12/h2-7,9-10H,8,16H2,1H3. The third-order valence-electron chi connectivity index (χ3n) is 3.54. The quantitative estimate of drug-likeness (QED) is 0.662. The Morgan fingerprint density at radius 1 is 1.00 bits per heavy atom. The van der Waals surface area contributed by atoms with Gasteiger partial charge < -0.3 is 5.73 Å². The molecule has 0 saturated carbocycles. The van der Waals surface area contributed by atoms with Crippen LogP contribution >= 0.6 is 0 Å². The molecular formula is C15H15N. The minimum Gasteiger partial charge on any atom is -0.399 e. The van der Waals surface area contributed by atoms with Crippen LogP contribution in [0.4, 0.5) is 5.69 Å². The molecule has 2 N–H and O–H groups in total. The van der Waals surface area contributed by atoms with Gasteiger partial charge in [-0.3, -0.25) is 0 Å². The summed E-state index contributed by atoms with van der Waals surface area (Å²) in [7, 11) is 0. The van der Waals surface area contributed by atoms with E-state index in [9.17, 15) is 0 Å². The number of anilines is 1. The van der Waals surface area contributed by atoms with Crippen LogP contribution in [0, 0.1) is 0 Å². The third-order valence-corrected chi connectivity index (χ3v) is 3.54. The summed E-state index contributed by atoms with van der Waals surface area (Å²) in [6, 6.07) is 15.0. The normalized spacial score (nSPS) is 17.7. The van der Waals surface area contributed by atoms with Gasteiger partial charge in [0, 0.05) is 11.6 Å². The lowest BCUT2D eigenvalue weighted by Gasteiger charge is -2.26. The van der Waals surface area contributed by atoms with Gasteiger partial charge in [0.1, 0.15) is 0 Å². The Morgan fingerprint density at radius 3 is 2.62 bits per heavy atom. The van der Waals surface area contributed by atoms with Crippen molar-refractivity contribution in [3.8, 4) is 0 Å². The first kappa shape index (κ1) is 9.46. The van der Waals surface area contributed by atoms with E-state index < -0.39 is 0 Å². The lowest BCUT2D eigenvalue weighted by Crippen LogP contribution is -2.11. The summed E-state index contributed by atoms with van der Waals surface area (Å²) < 4.78 is 0. The molecular weight excluding hydrogens is 194 g/mol. The molecule has 3 rings (SSSR count). The van der Waals surface area contributed by atoms with Gasteiger partial charge in [-0.25, -0.2) is 0 Å². The second kappa shape index (κ2) is 3.38. The predicted molar refractivity (Wildman–Crippen MR) is 67.6 cm³/mol. The van der Waals surface area contributed by atoms with Crippen molar-refractivity contribution in [1.82, 2.24) is 0 Å². The number of hydrogen-bond donors (Lipinski definition) is 1. The lowest BCUT2D eigenvalue weighted by molar-refractivity contribution is 0.846. The molecule has 1 nitrogen and oxygen atoms in total. The topological polar surface area (TPSA) is 26.0 Å². The molecule has 0 aromatic heterocycles. The summed E-state index contributed by atoms with van der Waals surface area (Å²) in [4.78, 5) is 0. The Labute approximate surface area is 95.9 Å². The molecule has 16 heavy (non-hydrogen) atoms. The number of hydrogen-bond acceptors (Lipinski definition) is 1. The van der Waals surface area contributed by atoms with Crippen LogP contribution in [0.3, 0.4) is 0 Å². The Hall–Kier alpha value is -1.76. The van der Waals surface area contributed by atoms with Crippen molar-refractivity contribution in [1.29, 1.82) is 0 Å². The van der Waals surface area contributed by atoms with E-state index in [-0.39, 0.29) is 0 Å². The summed E-state index contributed by atoms with van der Waals surface area (Å²) in [5.41, 5.74) is 12.4. The van der Waals surface area contributed by atoms with Crippen molar-refractivity contribution in [3.05, 3.63) is 64.7 Å². The smallest absolute Gasteiger partial charge is 0.0317 e. The van der Waals surface area contributed by atoms with E-state index in [1.165, 1.54) is 22.3 Å². The van der Waals surface area contributed by atoms with Gasteiger partial charge in [-0.2, -0.15) is 0 Å². The Balaban J connectivity index is 2.19. The summed E-state index contributed by atoms with van der Waals surface area (Å²) >= 11 is 0. The van der Waals surface area contributed by atoms with Gasteiger partial charge in [0.05, 0.1) is 0 Å². The van der Waals surface area contributed by atoms with E-state index in [0.29, 0.717) is 5.92 Å². The van der Waals surface area contributed by atoms with E-state index >= 15 is 0 Å². The number of nitrogen functional groups attached to an aromatic ring is 1. The summed E-state index contributed by atoms with van der Waals surface area (Å²) in [5.74, 6) is 0.462. The van der Waals surface area contributed by atoms with Crippen molar-refractivity contribution >= 4 is 5.69 Å². The molecule has 0 saturated heterocycles.